The predicted octanol–water partition coefficient (Wildman–Crippen LogP) is 5.89. The van der Waals surface area contributed by atoms with Crippen LogP contribution < -0.4 is 9.62 Å². The Morgan fingerprint density at radius 3 is 2.17 bits per heavy atom. The first-order chi connectivity index (χ1) is 19.4. The molecule has 41 heavy (non-hydrogen) atoms. The van der Waals surface area contributed by atoms with Crippen LogP contribution in [0.4, 0.5) is 18.9 Å². The Labute approximate surface area is 243 Å². The molecule has 0 spiro atoms. The molecule has 3 aromatic carbocycles. The van der Waals surface area contributed by atoms with E-state index in [0.717, 1.165) is 25.0 Å². The maximum atomic E-state index is 13.9. The fourth-order valence-corrected chi connectivity index (χ4v) is 5.73. The molecule has 0 saturated heterocycles. The van der Waals surface area contributed by atoms with Crippen LogP contribution >= 0.6 is 11.6 Å². The average Bonchev–Trinajstić information content (AvgIpc) is 2.95. The Hall–Kier alpha value is -3.57. The number of benzene rings is 3. The number of rotatable bonds is 12. The highest BCUT2D eigenvalue weighted by Crippen LogP contribution is 2.37. The molecule has 0 bridgehead atoms. The van der Waals surface area contributed by atoms with Crippen molar-refractivity contribution in [3.8, 4) is 0 Å². The smallest absolute Gasteiger partial charge is 0.354 e. The third-order valence-corrected chi connectivity index (χ3v) is 8.44. The summed E-state index contributed by atoms with van der Waals surface area (Å²) in [6.07, 6.45) is -3.23. The number of unbranched alkanes of at least 4 members (excludes halogenated alkanes) is 1. The number of alkyl halides is 3. The van der Waals surface area contributed by atoms with Crippen LogP contribution in [0.15, 0.2) is 83.8 Å². The molecule has 3 aromatic rings. The molecule has 0 radical (unpaired) electrons. The molecular weight excluding hydrogens is 579 g/mol. The molecule has 0 saturated carbocycles. The molecule has 12 heteroatoms. The summed E-state index contributed by atoms with van der Waals surface area (Å²) in [5.41, 5.74) is -0.982. The zero-order valence-electron chi connectivity index (χ0n) is 22.6. The summed E-state index contributed by atoms with van der Waals surface area (Å²) in [5, 5.41) is 2.47. The van der Waals surface area contributed by atoms with Crippen molar-refractivity contribution in [2.75, 3.05) is 17.4 Å². The Balaban J connectivity index is 2.08. The number of anilines is 1. The van der Waals surface area contributed by atoms with Crippen molar-refractivity contribution in [1.82, 2.24) is 10.2 Å². The van der Waals surface area contributed by atoms with E-state index >= 15 is 0 Å². The van der Waals surface area contributed by atoms with Crippen LogP contribution in [0.2, 0.25) is 5.02 Å². The van der Waals surface area contributed by atoms with E-state index in [4.69, 9.17) is 11.6 Å². The first-order valence-corrected chi connectivity index (χ1v) is 14.7. The van der Waals surface area contributed by atoms with Crippen LogP contribution in [0.3, 0.4) is 0 Å². The molecule has 0 aromatic heterocycles. The molecule has 3 rings (SSSR count). The van der Waals surface area contributed by atoms with Gasteiger partial charge in [-0.05, 0) is 49.2 Å². The number of hydrogen-bond donors (Lipinski definition) is 1. The van der Waals surface area contributed by atoms with Crippen LogP contribution in [0.25, 0.3) is 0 Å². The number of hydrogen-bond acceptors (Lipinski definition) is 4. The van der Waals surface area contributed by atoms with Gasteiger partial charge in [0.25, 0.3) is 10.0 Å². The molecule has 0 aliphatic heterocycles. The Kier molecular flexibility index (Phi) is 10.8. The normalized spacial score (nSPS) is 12.4. The van der Waals surface area contributed by atoms with Crippen molar-refractivity contribution >= 4 is 39.1 Å². The number of nitrogens with one attached hydrogen (secondary N) is 1. The summed E-state index contributed by atoms with van der Waals surface area (Å²) in [5.74, 6) is -1.25. The van der Waals surface area contributed by atoms with Gasteiger partial charge in [-0.2, -0.15) is 13.2 Å². The fraction of sp³-hybridized carbons (Fsp3) is 0.310. The maximum absolute atomic E-state index is 13.9. The lowest BCUT2D eigenvalue weighted by Crippen LogP contribution is -2.51. The molecule has 0 fully saturated rings. The molecule has 0 aliphatic carbocycles. The highest BCUT2D eigenvalue weighted by atomic mass is 35.5. The van der Waals surface area contributed by atoms with Gasteiger partial charge in [-0.25, -0.2) is 8.42 Å². The van der Waals surface area contributed by atoms with Crippen molar-refractivity contribution in [1.29, 1.82) is 0 Å². The molecular formula is C29H31ClF3N3O4S. The molecule has 1 N–H and O–H groups in total. The molecule has 1 atom stereocenters. The summed E-state index contributed by atoms with van der Waals surface area (Å²) in [7, 11) is -4.57. The number of nitrogens with zero attached hydrogens (tertiary/aromatic N) is 2. The van der Waals surface area contributed by atoms with E-state index in [1.165, 1.54) is 36.1 Å². The van der Waals surface area contributed by atoms with Gasteiger partial charge >= 0.3 is 6.18 Å². The van der Waals surface area contributed by atoms with Gasteiger partial charge in [0, 0.05) is 13.1 Å². The Bertz CT molecular complexity index is 1440. The molecule has 0 aliphatic rings. The SMILES string of the molecule is CCCCNC(=O)[C@@H](C)N(Cc1ccccc1)C(=O)CN(c1cc(C(F)(F)F)ccc1Cl)S(=O)(=O)c1ccccc1. The fourth-order valence-electron chi connectivity index (χ4n) is 4.01. The van der Waals surface area contributed by atoms with Crippen molar-refractivity contribution in [3.05, 3.63) is 95.0 Å². The standard InChI is InChI=1S/C29H31ClF3N3O4S/c1-3-4-17-34-28(38)21(2)35(19-22-11-7-5-8-12-22)27(37)20-36(41(39,40)24-13-9-6-10-14-24)26-18-23(29(31,32)33)15-16-25(26)30/h5-16,18,21H,3-4,17,19-20H2,1-2H3,(H,34,38)/t21-/m1/s1. The minimum absolute atomic E-state index is 0.0441. The van der Waals surface area contributed by atoms with Gasteiger partial charge in [-0.3, -0.25) is 13.9 Å². The van der Waals surface area contributed by atoms with Crippen molar-refractivity contribution in [3.63, 3.8) is 0 Å². The number of halogens is 4. The summed E-state index contributed by atoms with van der Waals surface area (Å²) < 4.78 is 68.9. The largest absolute Gasteiger partial charge is 0.416 e. The van der Waals surface area contributed by atoms with E-state index in [-0.39, 0.29) is 16.5 Å². The second-order valence-electron chi connectivity index (χ2n) is 9.32. The highest BCUT2D eigenvalue weighted by molar-refractivity contribution is 7.92. The summed E-state index contributed by atoms with van der Waals surface area (Å²) in [6, 6.07) is 17.0. The first-order valence-electron chi connectivity index (χ1n) is 12.9. The van der Waals surface area contributed by atoms with Crippen LogP contribution in [-0.4, -0.2) is 44.3 Å². The zero-order chi connectivity index (χ0) is 30.2. The zero-order valence-corrected chi connectivity index (χ0v) is 24.1. The summed E-state index contributed by atoms with van der Waals surface area (Å²) in [6.45, 7) is 2.91. The topological polar surface area (TPSA) is 86.8 Å². The molecule has 0 heterocycles. The van der Waals surface area contributed by atoms with E-state index in [2.05, 4.69) is 5.32 Å². The Morgan fingerprint density at radius 2 is 1.59 bits per heavy atom. The quantitative estimate of drug-likeness (QED) is 0.260. The second kappa shape index (κ2) is 13.9. The van der Waals surface area contributed by atoms with Crippen molar-refractivity contribution < 1.29 is 31.2 Å². The lowest BCUT2D eigenvalue weighted by molar-refractivity contribution is -0.139. The third-order valence-electron chi connectivity index (χ3n) is 6.34. The van der Waals surface area contributed by atoms with E-state index in [9.17, 15) is 31.2 Å². The molecule has 2 amide bonds. The van der Waals surface area contributed by atoms with Gasteiger partial charge in [-0.15, -0.1) is 0 Å². The lowest BCUT2D eigenvalue weighted by atomic mass is 10.1. The highest BCUT2D eigenvalue weighted by Gasteiger charge is 2.36. The minimum atomic E-state index is -4.80. The van der Waals surface area contributed by atoms with Gasteiger partial charge in [0.05, 0.1) is 21.2 Å². The third kappa shape index (κ3) is 8.23. The predicted molar refractivity (Wildman–Crippen MR) is 152 cm³/mol. The van der Waals surface area contributed by atoms with E-state index < -0.39 is 51.9 Å². The van der Waals surface area contributed by atoms with Crippen LogP contribution in [0.5, 0.6) is 0 Å². The monoisotopic (exact) mass is 609 g/mol. The minimum Gasteiger partial charge on any atom is -0.354 e. The van der Waals surface area contributed by atoms with E-state index in [0.29, 0.717) is 22.5 Å². The number of carbonyl (C=O) groups is 2. The van der Waals surface area contributed by atoms with Gasteiger partial charge in [-0.1, -0.05) is 73.5 Å². The second-order valence-corrected chi connectivity index (χ2v) is 11.6. The summed E-state index contributed by atoms with van der Waals surface area (Å²) >= 11 is 6.25. The summed E-state index contributed by atoms with van der Waals surface area (Å²) in [4.78, 5) is 27.8. The lowest BCUT2D eigenvalue weighted by Gasteiger charge is -2.32. The van der Waals surface area contributed by atoms with Gasteiger partial charge in [0.1, 0.15) is 12.6 Å². The van der Waals surface area contributed by atoms with Gasteiger partial charge in [0.2, 0.25) is 11.8 Å². The van der Waals surface area contributed by atoms with Gasteiger partial charge < -0.3 is 10.2 Å². The number of sulfonamides is 1. The van der Waals surface area contributed by atoms with Crippen LogP contribution in [0.1, 0.15) is 37.8 Å². The molecule has 7 nitrogen and oxygen atoms in total. The van der Waals surface area contributed by atoms with Gasteiger partial charge in [0.15, 0.2) is 0 Å². The average molecular weight is 610 g/mol. The van der Waals surface area contributed by atoms with E-state index in [1.54, 1.807) is 36.4 Å². The van der Waals surface area contributed by atoms with E-state index in [1.807, 2.05) is 6.92 Å². The molecule has 0 unspecified atom stereocenters. The maximum Gasteiger partial charge on any atom is 0.416 e. The van der Waals surface area contributed by atoms with Crippen LogP contribution in [0, 0.1) is 0 Å². The first kappa shape index (κ1) is 32.0. The molecule has 220 valence electrons. The van der Waals surface area contributed by atoms with Crippen LogP contribution in [-0.2, 0) is 32.3 Å². The van der Waals surface area contributed by atoms with Crippen molar-refractivity contribution in [2.24, 2.45) is 0 Å². The number of amides is 2. The number of carbonyl (C=O) groups excluding carboxylic acids is 2. The van der Waals surface area contributed by atoms with Crippen molar-refractivity contribution in [2.45, 2.75) is 50.3 Å². The Morgan fingerprint density at radius 1 is 0.976 bits per heavy atom.